The van der Waals surface area contributed by atoms with Gasteiger partial charge in [-0.3, -0.25) is 0 Å². The Morgan fingerprint density at radius 2 is 1.64 bits per heavy atom. The number of benzene rings is 2. The summed E-state index contributed by atoms with van der Waals surface area (Å²) in [6.45, 7) is 4.10. The van der Waals surface area contributed by atoms with Crippen LogP contribution < -0.4 is 0 Å². The van der Waals surface area contributed by atoms with Crippen molar-refractivity contribution in [2.45, 2.75) is 57.4 Å². The molecule has 1 saturated heterocycles. The molecular weight excluding hydrogens is 458 g/mol. The molecule has 1 aromatic heterocycles. The van der Waals surface area contributed by atoms with Gasteiger partial charge in [-0.05, 0) is 36.6 Å². The molecule has 0 saturated carbocycles. The maximum atomic E-state index is 5.92. The van der Waals surface area contributed by atoms with Crippen molar-refractivity contribution >= 4 is 6.21 Å². The van der Waals surface area contributed by atoms with Gasteiger partial charge in [-0.25, -0.2) is 4.98 Å². The largest absolute Gasteiger partial charge is 0.376 e. The first-order valence-corrected chi connectivity index (χ1v) is 12.2. The summed E-state index contributed by atoms with van der Waals surface area (Å²) >= 11 is 0. The van der Waals surface area contributed by atoms with Crippen LogP contribution in [0, 0.1) is 0 Å². The van der Waals surface area contributed by atoms with Crippen LogP contribution in [0.2, 0.25) is 0 Å². The van der Waals surface area contributed by atoms with E-state index in [0.717, 1.165) is 35.3 Å². The molecule has 8 nitrogen and oxygen atoms in total. The number of hydrogen-bond donors (Lipinski definition) is 0. The van der Waals surface area contributed by atoms with Crippen molar-refractivity contribution in [2.24, 2.45) is 5.16 Å². The highest BCUT2D eigenvalue weighted by Crippen LogP contribution is 2.27. The summed E-state index contributed by atoms with van der Waals surface area (Å²) in [4.78, 5) is 10.2. The second kappa shape index (κ2) is 12.3. The smallest absolute Gasteiger partial charge is 0.256 e. The Kier molecular flexibility index (Phi) is 8.88. The van der Waals surface area contributed by atoms with Crippen LogP contribution in [0.1, 0.15) is 31.4 Å². The lowest BCUT2D eigenvalue weighted by atomic mass is 9.99. The van der Waals surface area contributed by atoms with Crippen LogP contribution >= 0.6 is 0 Å². The van der Waals surface area contributed by atoms with Crippen LogP contribution in [0.15, 0.2) is 66.2 Å². The van der Waals surface area contributed by atoms with Gasteiger partial charge in [-0.15, -0.1) is 0 Å². The minimum absolute atomic E-state index is 0.236. The highest BCUT2D eigenvalue weighted by molar-refractivity contribution is 5.80. The molecule has 8 heteroatoms. The first-order chi connectivity index (χ1) is 17.6. The fourth-order valence-corrected chi connectivity index (χ4v) is 4.53. The number of imidazole rings is 1. The van der Waals surface area contributed by atoms with E-state index in [-0.39, 0.29) is 18.3 Å². The van der Waals surface area contributed by atoms with Gasteiger partial charge in [0.2, 0.25) is 0 Å². The fourth-order valence-electron chi connectivity index (χ4n) is 4.53. The number of ether oxygens (including phenoxy) is 4. The molecule has 0 amide bonds. The molecule has 0 unspecified atom stereocenters. The zero-order valence-corrected chi connectivity index (χ0v) is 21.5. The summed E-state index contributed by atoms with van der Waals surface area (Å²) in [6, 6.07) is 16.6. The van der Waals surface area contributed by atoms with E-state index >= 15 is 0 Å². The number of aryl methyl sites for hydroxylation is 1. The van der Waals surface area contributed by atoms with E-state index < -0.39 is 12.4 Å². The average molecular weight is 494 g/mol. The normalized spacial score (nSPS) is 24.3. The Labute approximate surface area is 212 Å². The third kappa shape index (κ3) is 5.84. The summed E-state index contributed by atoms with van der Waals surface area (Å²) in [7, 11) is 4.83. The van der Waals surface area contributed by atoms with Gasteiger partial charge in [0.15, 0.2) is 6.10 Å². The van der Waals surface area contributed by atoms with Crippen LogP contribution in [0.5, 0.6) is 0 Å². The monoisotopic (exact) mass is 493 g/mol. The van der Waals surface area contributed by atoms with Crippen LogP contribution in [-0.2, 0) is 30.2 Å². The van der Waals surface area contributed by atoms with Gasteiger partial charge < -0.3 is 28.4 Å². The Morgan fingerprint density at radius 1 is 0.944 bits per heavy atom. The van der Waals surface area contributed by atoms with E-state index in [9.17, 15) is 0 Å². The van der Waals surface area contributed by atoms with E-state index in [2.05, 4.69) is 41.3 Å². The maximum absolute atomic E-state index is 5.92. The molecule has 2 heterocycles. The van der Waals surface area contributed by atoms with Gasteiger partial charge in [0.1, 0.15) is 12.2 Å². The quantitative estimate of drug-likeness (QED) is 0.303. The lowest BCUT2D eigenvalue weighted by molar-refractivity contribution is -0.305. The molecule has 5 atom stereocenters. The third-order valence-corrected chi connectivity index (χ3v) is 6.47. The van der Waals surface area contributed by atoms with Crippen LogP contribution in [0.25, 0.3) is 16.9 Å². The molecule has 0 aliphatic carbocycles. The number of methoxy groups -OCH3 is 3. The Hall–Kier alpha value is -3.04. The molecule has 0 radical (unpaired) electrons. The van der Waals surface area contributed by atoms with Crippen molar-refractivity contribution in [3.63, 3.8) is 0 Å². The van der Waals surface area contributed by atoms with Crippen LogP contribution in [0.3, 0.4) is 0 Å². The van der Waals surface area contributed by atoms with E-state index in [4.69, 9.17) is 23.8 Å². The number of aromatic nitrogens is 2. The van der Waals surface area contributed by atoms with Crippen molar-refractivity contribution in [3.8, 4) is 16.9 Å². The van der Waals surface area contributed by atoms with E-state index in [1.165, 1.54) is 5.56 Å². The van der Waals surface area contributed by atoms with Gasteiger partial charge in [-0.2, -0.15) is 0 Å². The van der Waals surface area contributed by atoms with Crippen molar-refractivity contribution in [3.05, 3.63) is 72.2 Å². The molecule has 192 valence electrons. The van der Waals surface area contributed by atoms with E-state index in [0.29, 0.717) is 0 Å². The highest BCUT2D eigenvalue weighted by atomic mass is 16.8. The average Bonchev–Trinajstić information content (AvgIpc) is 3.39. The highest BCUT2D eigenvalue weighted by Gasteiger charge is 2.46. The molecule has 0 N–H and O–H groups in total. The lowest BCUT2D eigenvalue weighted by Gasteiger charge is -2.42. The number of rotatable bonds is 10. The van der Waals surface area contributed by atoms with Crippen molar-refractivity contribution in [2.75, 3.05) is 21.3 Å². The maximum Gasteiger partial charge on any atom is 0.256 e. The SMILES string of the molecule is CCCc1ccc(-n2cnc(-c3ccc(/C=N/O[C@@H]4O[C@@H](C)[C@H](OC)[C@@H](OC)[C@H]4OC)cc3)c2)cc1. The van der Waals surface area contributed by atoms with Gasteiger partial charge in [0.25, 0.3) is 6.29 Å². The third-order valence-electron chi connectivity index (χ3n) is 6.47. The van der Waals surface area contributed by atoms with Gasteiger partial charge in [0, 0.05) is 38.8 Å². The summed E-state index contributed by atoms with van der Waals surface area (Å²) in [5.41, 5.74) is 5.25. The second-order valence-corrected chi connectivity index (χ2v) is 8.86. The predicted octanol–water partition coefficient (Wildman–Crippen LogP) is 4.63. The molecule has 3 aromatic rings. The summed E-state index contributed by atoms with van der Waals surface area (Å²) in [5.74, 6) is 0. The lowest BCUT2D eigenvalue weighted by Crippen LogP contribution is -2.59. The fraction of sp³-hybridized carbons (Fsp3) is 0.429. The van der Waals surface area contributed by atoms with Crippen LogP contribution in [0.4, 0.5) is 0 Å². The number of oxime groups is 1. The molecule has 1 fully saturated rings. The van der Waals surface area contributed by atoms with Crippen molar-refractivity contribution in [1.82, 2.24) is 9.55 Å². The minimum atomic E-state index is -0.711. The summed E-state index contributed by atoms with van der Waals surface area (Å²) < 4.78 is 24.6. The molecular formula is C28H35N3O5. The van der Waals surface area contributed by atoms with Crippen molar-refractivity contribution in [1.29, 1.82) is 0 Å². The Balaban J connectivity index is 1.38. The number of nitrogens with zero attached hydrogens (tertiary/aromatic N) is 3. The molecule has 36 heavy (non-hydrogen) atoms. The number of hydrogen-bond acceptors (Lipinski definition) is 7. The molecule has 0 spiro atoms. The first kappa shape index (κ1) is 26.0. The predicted molar refractivity (Wildman–Crippen MR) is 138 cm³/mol. The van der Waals surface area contributed by atoms with Gasteiger partial charge in [0.05, 0.1) is 24.3 Å². The Morgan fingerprint density at radius 3 is 2.28 bits per heavy atom. The topological polar surface area (TPSA) is 76.3 Å². The molecule has 1 aliphatic rings. The second-order valence-electron chi connectivity index (χ2n) is 8.86. The summed E-state index contributed by atoms with van der Waals surface area (Å²) in [5, 5.41) is 4.14. The van der Waals surface area contributed by atoms with E-state index in [1.807, 2.05) is 48.3 Å². The van der Waals surface area contributed by atoms with Crippen LogP contribution in [-0.4, -0.2) is 67.8 Å². The standard InChI is InChI=1S/C28H35N3O5/c1-6-7-20-10-14-23(15-11-20)31-17-24(29-18-31)22-12-8-21(9-13-22)16-30-36-28-27(34-5)26(33-4)25(32-3)19(2)35-28/h8-19,25-28H,6-7H2,1-5H3/b30-16+/t19-,25-,26+,27+,28-/m0/s1. The van der Waals surface area contributed by atoms with Crippen molar-refractivity contribution < 1.29 is 23.8 Å². The molecule has 1 aliphatic heterocycles. The first-order valence-electron chi connectivity index (χ1n) is 12.2. The molecule has 0 bridgehead atoms. The van der Waals surface area contributed by atoms with Gasteiger partial charge in [-0.1, -0.05) is 54.9 Å². The van der Waals surface area contributed by atoms with E-state index in [1.54, 1.807) is 27.5 Å². The Bertz CT molecular complexity index is 1110. The zero-order chi connectivity index (χ0) is 25.5. The zero-order valence-electron chi connectivity index (χ0n) is 21.5. The molecule has 2 aromatic carbocycles. The molecule has 4 rings (SSSR count). The summed E-state index contributed by atoms with van der Waals surface area (Å²) in [6.07, 6.45) is 5.73. The van der Waals surface area contributed by atoms with Gasteiger partial charge >= 0.3 is 0 Å². The minimum Gasteiger partial charge on any atom is -0.376 e.